The monoisotopic (exact) mass is 252 g/mol. The Morgan fingerprint density at radius 1 is 1.33 bits per heavy atom. The highest BCUT2D eigenvalue weighted by molar-refractivity contribution is 6.06. The fourth-order valence-corrected chi connectivity index (χ4v) is 1.97. The molecule has 0 aliphatic heterocycles. The van der Waals surface area contributed by atoms with Crippen LogP contribution in [0.15, 0.2) is 4.42 Å². The van der Waals surface area contributed by atoms with E-state index in [0.29, 0.717) is 41.9 Å². The molecule has 0 radical (unpaired) electrons. The number of rotatable bonds is 7. The maximum atomic E-state index is 12.2. The molecule has 0 fully saturated rings. The molecular formula is C13H20N2O3. The smallest absolute Gasteiger partial charge is 0.183 e. The van der Waals surface area contributed by atoms with Gasteiger partial charge in [0.2, 0.25) is 0 Å². The summed E-state index contributed by atoms with van der Waals surface area (Å²) >= 11 is 0. The van der Waals surface area contributed by atoms with Gasteiger partial charge in [-0.1, -0.05) is 6.42 Å². The first-order valence-corrected chi connectivity index (χ1v) is 6.08. The molecule has 5 heteroatoms. The molecule has 5 nitrogen and oxygen atoms in total. The van der Waals surface area contributed by atoms with Crippen molar-refractivity contribution in [2.24, 2.45) is 11.5 Å². The highest BCUT2D eigenvalue weighted by Crippen LogP contribution is 2.22. The van der Waals surface area contributed by atoms with E-state index in [-0.39, 0.29) is 5.78 Å². The van der Waals surface area contributed by atoms with Crippen LogP contribution in [0.1, 0.15) is 51.5 Å². The number of carbonyl (C=O) groups is 2. The highest BCUT2D eigenvalue weighted by Gasteiger charge is 2.25. The Labute approximate surface area is 107 Å². The molecule has 0 saturated heterocycles. The fraction of sp³-hybridized carbons (Fsp3) is 0.538. The van der Waals surface area contributed by atoms with Crippen molar-refractivity contribution in [3.8, 4) is 0 Å². The Hall–Kier alpha value is -1.46. The summed E-state index contributed by atoms with van der Waals surface area (Å²) in [7, 11) is 0. The van der Waals surface area contributed by atoms with Gasteiger partial charge >= 0.3 is 0 Å². The third kappa shape index (κ3) is 3.05. The largest absolute Gasteiger partial charge is 0.465 e. The van der Waals surface area contributed by atoms with Gasteiger partial charge in [0.25, 0.3) is 0 Å². The van der Waals surface area contributed by atoms with Gasteiger partial charge in [-0.05, 0) is 33.2 Å². The topological polar surface area (TPSA) is 99.3 Å². The predicted octanol–water partition coefficient (Wildman–Crippen LogP) is 1.35. The molecule has 100 valence electrons. The molecule has 0 unspecified atom stereocenters. The molecule has 1 aromatic heterocycles. The summed E-state index contributed by atoms with van der Waals surface area (Å²) in [4.78, 5) is 23.2. The van der Waals surface area contributed by atoms with Crippen molar-refractivity contribution in [1.82, 2.24) is 0 Å². The molecular weight excluding hydrogens is 232 g/mol. The highest BCUT2D eigenvalue weighted by atomic mass is 16.3. The van der Waals surface area contributed by atoms with Crippen LogP contribution < -0.4 is 11.5 Å². The van der Waals surface area contributed by atoms with Crippen LogP contribution in [-0.2, 0) is 0 Å². The zero-order valence-electron chi connectivity index (χ0n) is 10.9. The molecule has 18 heavy (non-hydrogen) atoms. The normalized spacial score (nSPS) is 12.4. The number of ketones is 1. The van der Waals surface area contributed by atoms with Crippen molar-refractivity contribution in [3.05, 3.63) is 22.6 Å². The second-order valence-corrected chi connectivity index (χ2v) is 4.38. The lowest BCUT2D eigenvalue weighted by molar-refractivity contribution is 0.0949. The number of hydrogen-bond donors (Lipinski definition) is 2. The van der Waals surface area contributed by atoms with E-state index in [9.17, 15) is 9.59 Å². The summed E-state index contributed by atoms with van der Waals surface area (Å²) in [6, 6.07) is -0.606. The number of Topliss-reactive ketones (excluding diaryl/α,β-unsaturated/α-hetero) is 1. The number of aldehydes is 1. The number of carbonyl (C=O) groups excluding carboxylic acids is 2. The minimum absolute atomic E-state index is 0.233. The lowest BCUT2D eigenvalue weighted by atomic mass is 9.97. The van der Waals surface area contributed by atoms with Crippen molar-refractivity contribution in [1.29, 1.82) is 0 Å². The number of unbranched alkanes of at least 4 members (excludes halogenated alkanes) is 1. The van der Waals surface area contributed by atoms with Crippen LogP contribution in [0.5, 0.6) is 0 Å². The lowest BCUT2D eigenvalue weighted by Gasteiger charge is -2.09. The van der Waals surface area contributed by atoms with Crippen molar-refractivity contribution >= 4 is 12.1 Å². The van der Waals surface area contributed by atoms with E-state index in [4.69, 9.17) is 15.9 Å². The predicted molar refractivity (Wildman–Crippen MR) is 68.8 cm³/mol. The summed E-state index contributed by atoms with van der Waals surface area (Å²) in [6.07, 6.45) is 2.85. The van der Waals surface area contributed by atoms with Crippen molar-refractivity contribution in [3.63, 3.8) is 0 Å². The summed E-state index contributed by atoms with van der Waals surface area (Å²) in [5, 5.41) is 0. The number of aryl methyl sites for hydroxylation is 2. The summed E-state index contributed by atoms with van der Waals surface area (Å²) in [5.41, 5.74) is 11.9. The lowest BCUT2D eigenvalue weighted by Crippen LogP contribution is -2.31. The van der Waals surface area contributed by atoms with E-state index in [1.165, 1.54) is 0 Å². The van der Waals surface area contributed by atoms with Gasteiger partial charge in [-0.25, -0.2) is 0 Å². The molecule has 1 rings (SSSR count). The first-order chi connectivity index (χ1) is 8.52. The van der Waals surface area contributed by atoms with Crippen LogP contribution in [0.2, 0.25) is 0 Å². The molecule has 0 bridgehead atoms. The fourth-order valence-electron chi connectivity index (χ4n) is 1.97. The molecule has 0 aliphatic carbocycles. The van der Waals surface area contributed by atoms with Crippen LogP contribution in [-0.4, -0.2) is 24.7 Å². The van der Waals surface area contributed by atoms with E-state index in [1.54, 1.807) is 13.8 Å². The zero-order chi connectivity index (χ0) is 13.7. The van der Waals surface area contributed by atoms with Crippen LogP contribution >= 0.6 is 0 Å². The quantitative estimate of drug-likeness (QED) is 0.433. The van der Waals surface area contributed by atoms with Crippen LogP contribution in [0.4, 0.5) is 0 Å². The summed E-state index contributed by atoms with van der Waals surface area (Å²) in [6.45, 7) is 3.91. The van der Waals surface area contributed by atoms with E-state index in [0.717, 1.165) is 12.8 Å². The third-order valence-corrected chi connectivity index (χ3v) is 2.98. The molecule has 0 amide bonds. The van der Waals surface area contributed by atoms with Gasteiger partial charge in [0, 0.05) is 0 Å². The second kappa shape index (κ2) is 6.47. The van der Waals surface area contributed by atoms with Crippen molar-refractivity contribution < 1.29 is 14.0 Å². The molecule has 1 atom stereocenters. The molecule has 1 aromatic rings. The van der Waals surface area contributed by atoms with Gasteiger partial charge in [0.05, 0.1) is 17.2 Å². The molecule has 0 aromatic carbocycles. The Morgan fingerprint density at radius 3 is 2.56 bits per heavy atom. The summed E-state index contributed by atoms with van der Waals surface area (Å²) in [5.74, 6) is 0.678. The Bertz CT molecular complexity index is 438. The SMILES string of the molecule is Cc1oc(C)c(C(=O)[C@H](N)CCCCN)c1C=O. The maximum absolute atomic E-state index is 12.2. The van der Waals surface area contributed by atoms with Gasteiger partial charge < -0.3 is 15.9 Å². The zero-order valence-corrected chi connectivity index (χ0v) is 10.9. The van der Waals surface area contributed by atoms with Gasteiger partial charge in [-0.15, -0.1) is 0 Å². The Kier molecular flexibility index (Phi) is 5.25. The van der Waals surface area contributed by atoms with Gasteiger partial charge in [-0.2, -0.15) is 0 Å². The average molecular weight is 252 g/mol. The molecule has 0 aliphatic rings. The first-order valence-electron chi connectivity index (χ1n) is 6.08. The second-order valence-electron chi connectivity index (χ2n) is 4.38. The Balaban J connectivity index is 2.86. The van der Waals surface area contributed by atoms with E-state index < -0.39 is 6.04 Å². The molecule has 0 spiro atoms. The molecule has 4 N–H and O–H groups in total. The number of hydrogen-bond acceptors (Lipinski definition) is 5. The van der Waals surface area contributed by atoms with Gasteiger partial charge in [0.15, 0.2) is 12.1 Å². The maximum Gasteiger partial charge on any atom is 0.183 e. The first kappa shape index (κ1) is 14.6. The standard InChI is InChI=1S/C13H20N2O3/c1-8-10(7-16)12(9(2)18-8)13(17)11(15)5-3-4-6-14/h7,11H,3-6,14-15H2,1-2H3/t11-/m1/s1. The third-order valence-electron chi connectivity index (χ3n) is 2.98. The van der Waals surface area contributed by atoms with Crippen molar-refractivity contribution in [2.45, 2.75) is 39.2 Å². The van der Waals surface area contributed by atoms with Crippen LogP contribution in [0, 0.1) is 13.8 Å². The van der Waals surface area contributed by atoms with E-state index in [1.807, 2.05) is 0 Å². The van der Waals surface area contributed by atoms with E-state index >= 15 is 0 Å². The minimum atomic E-state index is -0.606. The number of nitrogens with two attached hydrogens (primary N) is 2. The van der Waals surface area contributed by atoms with Crippen molar-refractivity contribution in [2.75, 3.05) is 6.54 Å². The van der Waals surface area contributed by atoms with E-state index in [2.05, 4.69) is 0 Å². The number of furan rings is 1. The average Bonchev–Trinajstić information content (AvgIpc) is 2.62. The van der Waals surface area contributed by atoms with Crippen LogP contribution in [0.25, 0.3) is 0 Å². The van der Waals surface area contributed by atoms with Gasteiger partial charge in [0.1, 0.15) is 11.5 Å². The Morgan fingerprint density at radius 2 is 2.00 bits per heavy atom. The van der Waals surface area contributed by atoms with Gasteiger partial charge in [-0.3, -0.25) is 9.59 Å². The summed E-state index contributed by atoms with van der Waals surface area (Å²) < 4.78 is 5.31. The molecule has 1 heterocycles. The van der Waals surface area contributed by atoms with Crippen LogP contribution in [0.3, 0.4) is 0 Å². The minimum Gasteiger partial charge on any atom is -0.465 e. The molecule has 0 saturated carbocycles.